The van der Waals surface area contributed by atoms with Crippen molar-refractivity contribution in [2.75, 3.05) is 5.32 Å². The van der Waals surface area contributed by atoms with Crippen LogP contribution in [0, 0.1) is 24.0 Å². The number of anilines is 1. The fourth-order valence-corrected chi connectivity index (χ4v) is 1.63. The van der Waals surface area contributed by atoms with Crippen LogP contribution in [0.3, 0.4) is 0 Å². The Morgan fingerprint density at radius 3 is 2.37 bits per heavy atom. The number of nitrogens with one attached hydrogen (secondary N) is 1. The molecule has 0 saturated heterocycles. The maximum Gasteiger partial charge on any atom is 0.412 e. The minimum Gasteiger partial charge on any atom is -0.444 e. The quantitative estimate of drug-likeness (QED) is 0.655. The summed E-state index contributed by atoms with van der Waals surface area (Å²) in [5, 5.41) is 13.4. The Kier molecular flexibility index (Phi) is 4.14. The van der Waals surface area contributed by atoms with Crippen LogP contribution >= 0.6 is 0 Å². The van der Waals surface area contributed by atoms with Crippen LogP contribution < -0.4 is 5.32 Å². The molecule has 0 bridgehead atoms. The van der Waals surface area contributed by atoms with Crippen LogP contribution in [-0.4, -0.2) is 16.6 Å². The number of rotatable bonds is 2. The summed E-state index contributed by atoms with van der Waals surface area (Å²) in [4.78, 5) is 22.1. The zero-order chi connectivity index (χ0) is 14.8. The third kappa shape index (κ3) is 3.94. The number of carbonyl (C=O) groups excluding carboxylic acids is 1. The minimum absolute atomic E-state index is 0.0309. The van der Waals surface area contributed by atoms with Gasteiger partial charge in [-0.2, -0.15) is 0 Å². The monoisotopic (exact) mass is 266 g/mol. The topological polar surface area (TPSA) is 81.5 Å². The van der Waals surface area contributed by atoms with Crippen molar-refractivity contribution in [1.29, 1.82) is 0 Å². The predicted molar refractivity (Wildman–Crippen MR) is 72.4 cm³/mol. The number of hydrogen-bond donors (Lipinski definition) is 1. The van der Waals surface area contributed by atoms with Crippen LogP contribution in [0.2, 0.25) is 0 Å². The molecule has 0 aliphatic heterocycles. The summed E-state index contributed by atoms with van der Waals surface area (Å²) >= 11 is 0. The van der Waals surface area contributed by atoms with E-state index in [1.807, 2.05) is 0 Å². The number of ether oxygens (including phenoxy) is 1. The highest BCUT2D eigenvalue weighted by Gasteiger charge is 2.20. The smallest absolute Gasteiger partial charge is 0.412 e. The summed E-state index contributed by atoms with van der Waals surface area (Å²) in [6.07, 6.45) is -0.626. The van der Waals surface area contributed by atoms with E-state index in [0.717, 1.165) is 5.56 Å². The summed E-state index contributed by atoms with van der Waals surface area (Å²) in [5.41, 5.74) is 0.928. The first-order chi connectivity index (χ1) is 8.61. The molecular weight excluding hydrogens is 248 g/mol. The van der Waals surface area contributed by atoms with E-state index in [9.17, 15) is 14.9 Å². The number of hydrogen-bond acceptors (Lipinski definition) is 4. The van der Waals surface area contributed by atoms with Gasteiger partial charge in [0.1, 0.15) is 5.60 Å². The van der Waals surface area contributed by atoms with Crippen molar-refractivity contribution in [3.63, 3.8) is 0 Å². The Labute approximate surface area is 111 Å². The molecule has 0 fully saturated rings. The maximum absolute atomic E-state index is 11.7. The second kappa shape index (κ2) is 5.26. The van der Waals surface area contributed by atoms with E-state index in [2.05, 4.69) is 5.32 Å². The van der Waals surface area contributed by atoms with E-state index in [-0.39, 0.29) is 5.69 Å². The van der Waals surface area contributed by atoms with Crippen LogP contribution in [0.1, 0.15) is 31.9 Å². The molecule has 19 heavy (non-hydrogen) atoms. The largest absolute Gasteiger partial charge is 0.444 e. The van der Waals surface area contributed by atoms with Crippen molar-refractivity contribution in [3.05, 3.63) is 33.4 Å². The van der Waals surface area contributed by atoms with E-state index in [1.54, 1.807) is 40.7 Å². The van der Waals surface area contributed by atoms with E-state index >= 15 is 0 Å². The van der Waals surface area contributed by atoms with Gasteiger partial charge in [0.05, 0.1) is 16.2 Å². The second-order valence-corrected chi connectivity index (χ2v) is 5.29. The normalized spacial score (nSPS) is 11.0. The molecule has 1 rings (SSSR count). The van der Waals surface area contributed by atoms with Gasteiger partial charge >= 0.3 is 6.09 Å². The molecule has 6 nitrogen and oxygen atoms in total. The molecule has 0 atom stereocenters. The molecule has 0 saturated carbocycles. The number of amides is 1. The fraction of sp³-hybridized carbons (Fsp3) is 0.462. The summed E-state index contributed by atoms with van der Waals surface area (Å²) in [6, 6.07) is 3.02. The SMILES string of the molecule is Cc1ccc([N+](=O)[O-])c(C)c1NC(=O)OC(C)(C)C. The van der Waals surface area contributed by atoms with E-state index in [1.165, 1.54) is 6.07 Å². The van der Waals surface area contributed by atoms with Gasteiger partial charge in [0.25, 0.3) is 5.69 Å². The molecule has 0 spiro atoms. The van der Waals surface area contributed by atoms with Crippen molar-refractivity contribution in [1.82, 2.24) is 0 Å². The number of nitrogens with zero attached hydrogens (tertiary/aromatic N) is 1. The number of nitro benzene ring substituents is 1. The highest BCUT2D eigenvalue weighted by molar-refractivity contribution is 5.88. The summed E-state index contributed by atoms with van der Waals surface area (Å²) in [6.45, 7) is 8.61. The molecule has 1 N–H and O–H groups in total. The van der Waals surface area contributed by atoms with E-state index in [4.69, 9.17) is 4.74 Å². The number of nitro groups is 1. The molecule has 0 unspecified atom stereocenters. The summed E-state index contributed by atoms with van der Waals surface area (Å²) < 4.78 is 5.13. The number of benzene rings is 1. The standard InChI is InChI=1S/C13H18N2O4/c1-8-6-7-10(15(17)18)9(2)11(8)14-12(16)19-13(3,4)5/h6-7H,1-5H3,(H,14,16). The van der Waals surface area contributed by atoms with Crippen molar-refractivity contribution in [2.45, 2.75) is 40.2 Å². The third-order valence-electron chi connectivity index (χ3n) is 2.47. The lowest BCUT2D eigenvalue weighted by atomic mass is 10.1. The average Bonchev–Trinajstić information content (AvgIpc) is 2.21. The fourth-order valence-electron chi connectivity index (χ4n) is 1.63. The highest BCUT2D eigenvalue weighted by Crippen LogP contribution is 2.29. The molecule has 0 heterocycles. The Morgan fingerprint density at radius 2 is 1.89 bits per heavy atom. The van der Waals surface area contributed by atoms with E-state index < -0.39 is 16.6 Å². The minimum atomic E-state index is -0.626. The van der Waals surface area contributed by atoms with Crippen LogP contribution in [-0.2, 0) is 4.74 Å². The van der Waals surface area contributed by atoms with Gasteiger partial charge in [-0.05, 0) is 40.2 Å². The molecule has 104 valence electrons. The van der Waals surface area contributed by atoms with Gasteiger partial charge in [0, 0.05) is 6.07 Å². The van der Waals surface area contributed by atoms with Gasteiger partial charge < -0.3 is 4.74 Å². The molecule has 1 aromatic rings. The van der Waals surface area contributed by atoms with Crippen LogP contribution in [0.15, 0.2) is 12.1 Å². The lowest BCUT2D eigenvalue weighted by Crippen LogP contribution is -2.27. The Morgan fingerprint density at radius 1 is 1.32 bits per heavy atom. The van der Waals surface area contributed by atoms with Gasteiger partial charge in [-0.25, -0.2) is 4.79 Å². The van der Waals surface area contributed by atoms with Gasteiger partial charge in [0.15, 0.2) is 0 Å². The molecule has 0 radical (unpaired) electrons. The lowest BCUT2D eigenvalue weighted by molar-refractivity contribution is -0.385. The highest BCUT2D eigenvalue weighted by atomic mass is 16.6. The van der Waals surface area contributed by atoms with Crippen molar-refractivity contribution in [3.8, 4) is 0 Å². The van der Waals surface area contributed by atoms with Crippen LogP contribution in [0.5, 0.6) is 0 Å². The average molecular weight is 266 g/mol. The Bertz CT molecular complexity index is 518. The zero-order valence-electron chi connectivity index (χ0n) is 11.7. The second-order valence-electron chi connectivity index (χ2n) is 5.29. The van der Waals surface area contributed by atoms with E-state index in [0.29, 0.717) is 11.3 Å². The van der Waals surface area contributed by atoms with Gasteiger partial charge in [-0.1, -0.05) is 6.07 Å². The summed E-state index contributed by atoms with van der Waals surface area (Å²) in [5.74, 6) is 0. The molecule has 0 aliphatic rings. The zero-order valence-corrected chi connectivity index (χ0v) is 11.7. The molecular formula is C13H18N2O4. The maximum atomic E-state index is 11.7. The molecule has 0 aliphatic carbocycles. The van der Waals surface area contributed by atoms with Crippen molar-refractivity contribution >= 4 is 17.5 Å². The van der Waals surface area contributed by atoms with Crippen LogP contribution in [0.4, 0.5) is 16.2 Å². The van der Waals surface area contributed by atoms with Gasteiger partial charge in [-0.15, -0.1) is 0 Å². The predicted octanol–water partition coefficient (Wildman–Crippen LogP) is 3.56. The van der Waals surface area contributed by atoms with Crippen molar-refractivity contribution in [2.24, 2.45) is 0 Å². The Hall–Kier alpha value is -2.11. The first kappa shape index (κ1) is 14.9. The lowest BCUT2D eigenvalue weighted by Gasteiger charge is -2.20. The van der Waals surface area contributed by atoms with Crippen molar-refractivity contribution < 1.29 is 14.5 Å². The summed E-state index contributed by atoms with van der Waals surface area (Å²) in [7, 11) is 0. The third-order valence-corrected chi connectivity index (χ3v) is 2.47. The molecule has 1 amide bonds. The first-order valence-corrected chi connectivity index (χ1v) is 5.86. The molecule has 6 heteroatoms. The number of aryl methyl sites for hydroxylation is 1. The molecule has 0 aromatic heterocycles. The number of carbonyl (C=O) groups is 1. The van der Waals surface area contributed by atoms with Gasteiger partial charge in [-0.3, -0.25) is 15.4 Å². The van der Waals surface area contributed by atoms with Gasteiger partial charge in [0.2, 0.25) is 0 Å². The molecule has 1 aromatic carbocycles. The first-order valence-electron chi connectivity index (χ1n) is 5.86. The van der Waals surface area contributed by atoms with Crippen LogP contribution in [0.25, 0.3) is 0 Å². The Balaban J connectivity index is 3.04.